The zero-order valence-corrected chi connectivity index (χ0v) is 9.28. The van der Waals surface area contributed by atoms with E-state index in [1.807, 2.05) is 0 Å². The molecule has 0 bridgehead atoms. The lowest BCUT2D eigenvalue weighted by Crippen LogP contribution is -2.32. The molecular formula is C10H16SSi. The van der Waals surface area contributed by atoms with Gasteiger partial charge in [-0.05, 0) is 12.5 Å². The van der Waals surface area contributed by atoms with Crippen molar-refractivity contribution in [2.45, 2.75) is 24.1 Å². The molecule has 0 aromatic carbocycles. The van der Waals surface area contributed by atoms with Crippen molar-refractivity contribution in [2.75, 3.05) is 0 Å². The van der Waals surface area contributed by atoms with E-state index in [0.717, 1.165) is 0 Å². The van der Waals surface area contributed by atoms with Crippen LogP contribution < -0.4 is 0 Å². The molecule has 12 heavy (non-hydrogen) atoms. The van der Waals surface area contributed by atoms with E-state index < -0.39 is 7.22 Å². The van der Waals surface area contributed by atoms with Gasteiger partial charge in [-0.1, -0.05) is 23.9 Å². The van der Waals surface area contributed by atoms with Crippen LogP contribution in [0.4, 0.5) is 0 Å². The van der Waals surface area contributed by atoms with Crippen molar-refractivity contribution in [1.82, 2.24) is 0 Å². The van der Waals surface area contributed by atoms with Crippen molar-refractivity contribution in [3.8, 4) is 0 Å². The Balaban J connectivity index is 2.70. The molecule has 1 rings (SSSR count). The second kappa shape index (κ2) is 4.15. The second-order valence-electron chi connectivity index (χ2n) is 3.15. The van der Waals surface area contributed by atoms with Gasteiger partial charge >= 0.3 is 0 Å². The van der Waals surface area contributed by atoms with Gasteiger partial charge in [0.25, 0.3) is 0 Å². The maximum atomic E-state index is 3.93. The van der Waals surface area contributed by atoms with Gasteiger partial charge in [-0.25, -0.2) is 0 Å². The molecule has 0 radical (unpaired) electrons. The minimum absolute atomic E-state index is 0.640. The first-order valence-corrected chi connectivity index (χ1v) is 8.30. The highest BCUT2D eigenvalue weighted by Crippen LogP contribution is 2.39. The van der Waals surface area contributed by atoms with Crippen LogP contribution in [0, 0.1) is 0 Å². The van der Waals surface area contributed by atoms with E-state index >= 15 is 0 Å². The van der Waals surface area contributed by atoms with Gasteiger partial charge in [-0.2, -0.15) is 11.2 Å². The Morgan fingerprint density at radius 3 is 2.42 bits per heavy atom. The Kier molecular flexibility index (Phi) is 3.41. The lowest BCUT2D eigenvalue weighted by molar-refractivity contribution is 0.813. The van der Waals surface area contributed by atoms with Gasteiger partial charge < -0.3 is 0 Å². The molecule has 1 aliphatic heterocycles. The molecule has 0 N–H and O–H groups in total. The maximum Gasteiger partial charge on any atom is 0.163 e. The van der Waals surface area contributed by atoms with Gasteiger partial charge in [-0.15, -0.1) is 19.7 Å². The van der Waals surface area contributed by atoms with Gasteiger partial charge in [0, 0.05) is 5.25 Å². The summed E-state index contributed by atoms with van der Waals surface area (Å²) in [6, 6.07) is 1.31. The van der Waals surface area contributed by atoms with Gasteiger partial charge in [0.1, 0.15) is 0 Å². The highest BCUT2D eigenvalue weighted by atomic mass is 32.4. The average molecular weight is 196 g/mol. The fourth-order valence-electron chi connectivity index (χ4n) is 1.53. The first kappa shape index (κ1) is 9.87. The second-order valence-corrected chi connectivity index (χ2v) is 10.2. The predicted octanol–water partition coefficient (Wildman–Crippen LogP) is 3.46. The largest absolute Gasteiger partial charge is 0.168 e. The topological polar surface area (TPSA) is 0 Å². The monoisotopic (exact) mass is 196 g/mol. The van der Waals surface area contributed by atoms with Crippen LogP contribution in [0.25, 0.3) is 0 Å². The summed E-state index contributed by atoms with van der Waals surface area (Å²) in [5.41, 5.74) is 4.31. The summed E-state index contributed by atoms with van der Waals surface area (Å²) in [5, 5.41) is 0.640. The van der Waals surface area contributed by atoms with Crippen molar-refractivity contribution >= 4 is 18.4 Å². The Bertz CT molecular complexity index is 190. The van der Waals surface area contributed by atoms with Crippen molar-refractivity contribution in [3.05, 3.63) is 37.2 Å². The molecule has 0 amide bonds. The normalized spacial score (nSPS) is 27.5. The van der Waals surface area contributed by atoms with E-state index in [0.29, 0.717) is 5.25 Å². The Morgan fingerprint density at radius 1 is 1.25 bits per heavy atom. The first-order valence-electron chi connectivity index (χ1n) is 4.34. The number of hydrogen-bond acceptors (Lipinski definition) is 1. The van der Waals surface area contributed by atoms with Crippen LogP contribution in [-0.4, -0.2) is 12.5 Å². The fraction of sp³-hybridized carbons (Fsp3) is 0.400. The minimum atomic E-state index is -1.34. The van der Waals surface area contributed by atoms with Crippen LogP contribution in [0.5, 0.6) is 0 Å². The van der Waals surface area contributed by atoms with E-state index in [1.54, 1.807) is 0 Å². The lowest BCUT2D eigenvalue weighted by Gasteiger charge is -2.32. The van der Waals surface area contributed by atoms with Crippen molar-refractivity contribution in [1.29, 1.82) is 0 Å². The SMILES string of the molecule is C=CC1CCC[Si](C=C)(C=C)S1. The molecule has 66 valence electrons. The third kappa shape index (κ3) is 1.93. The zero-order chi connectivity index (χ0) is 9.03. The highest BCUT2D eigenvalue weighted by molar-refractivity contribution is 8.30. The molecule has 1 saturated heterocycles. The summed E-state index contributed by atoms with van der Waals surface area (Å²) in [6.07, 6.45) is 4.66. The van der Waals surface area contributed by atoms with E-state index in [-0.39, 0.29) is 0 Å². The van der Waals surface area contributed by atoms with Gasteiger partial charge in [0.2, 0.25) is 0 Å². The fourth-order valence-corrected chi connectivity index (χ4v) is 7.81. The van der Waals surface area contributed by atoms with E-state index in [1.165, 1.54) is 18.9 Å². The highest BCUT2D eigenvalue weighted by Gasteiger charge is 2.32. The van der Waals surface area contributed by atoms with Crippen LogP contribution in [0.1, 0.15) is 12.8 Å². The third-order valence-electron chi connectivity index (χ3n) is 2.38. The van der Waals surface area contributed by atoms with Gasteiger partial charge in [0.05, 0.1) is 0 Å². The Morgan fingerprint density at radius 2 is 1.92 bits per heavy atom. The van der Waals surface area contributed by atoms with Crippen LogP contribution in [0.2, 0.25) is 6.04 Å². The van der Waals surface area contributed by atoms with Crippen molar-refractivity contribution in [3.63, 3.8) is 0 Å². The molecule has 1 unspecified atom stereocenters. The minimum Gasteiger partial charge on any atom is -0.168 e. The molecule has 1 atom stereocenters. The van der Waals surface area contributed by atoms with Gasteiger partial charge in [0.15, 0.2) is 7.22 Å². The summed E-state index contributed by atoms with van der Waals surface area (Å²) in [4.78, 5) is 0. The molecule has 0 aromatic heterocycles. The standard InChI is InChI=1S/C10H16SSi/c1-4-10-8-7-9-12(5-2,6-3)11-10/h4-6,10H,1-3,7-9H2. The maximum absolute atomic E-state index is 3.93. The summed E-state index contributed by atoms with van der Waals surface area (Å²) >= 11 is 2.06. The van der Waals surface area contributed by atoms with Crippen molar-refractivity contribution in [2.24, 2.45) is 0 Å². The van der Waals surface area contributed by atoms with Crippen molar-refractivity contribution < 1.29 is 0 Å². The van der Waals surface area contributed by atoms with Gasteiger partial charge in [-0.3, -0.25) is 0 Å². The first-order chi connectivity index (χ1) is 5.76. The zero-order valence-electron chi connectivity index (χ0n) is 7.46. The summed E-state index contributed by atoms with van der Waals surface area (Å²) < 4.78 is 0. The molecule has 0 aromatic rings. The lowest BCUT2D eigenvalue weighted by atomic mass is 10.2. The third-order valence-corrected chi connectivity index (χ3v) is 9.90. The quantitative estimate of drug-likeness (QED) is 0.492. The Hall–Kier alpha value is -0.213. The molecule has 0 aliphatic carbocycles. The smallest absolute Gasteiger partial charge is 0.163 e. The summed E-state index contributed by atoms with van der Waals surface area (Å²) in [7, 11) is -1.34. The predicted molar refractivity (Wildman–Crippen MR) is 61.8 cm³/mol. The molecule has 0 saturated carbocycles. The molecule has 1 fully saturated rings. The molecule has 1 heterocycles. The summed E-state index contributed by atoms with van der Waals surface area (Å²) in [6.45, 7) is 11.7. The average Bonchev–Trinajstić information content (AvgIpc) is 2.18. The molecule has 0 spiro atoms. The van der Waals surface area contributed by atoms with E-state index in [2.05, 4.69) is 48.4 Å². The van der Waals surface area contributed by atoms with E-state index in [9.17, 15) is 0 Å². The summed E-state index contributed by atoms with van der Waals surface area (Å²) in [5.74, 6) is 0. The Labute approximate surface area is 80.1 Å². The number of rotatable bonds is 3. The molecular weight excluding hydrogens is 180 g/mol. The molecule has 2 heteroatoms. The van der Waals surface area contributed by atoms with Crippen LogP contribution in [0.3, 0.4) is 0 Å². The molecule has 1 aliphatic rings. The van der Waals surface area contributed by atoms with E-state index in [4.69, 9.17) is 0 Å². The van der Waals surface area contributed by atoms with Crippen LogP contribution in [-0.2, 0) is 0 Å². The molecule has 0 nitrogen and oxygen atoms in total. The number of hydrogen-bond donors (Lipinski definition) is 0. The van der Waals surface area contributed by atoms with Crippen LogP contribution >= 0.6 is 11.2 Å². The van der Waals surface area contributed by atoms with Crippen LogP contribution in [0.15, 0.2) is 37.2 Å².